The summed E-state index contributed by atoms with van der Waals surface area (Å²) in [6.07, 6.45) is 1.68. The predicted octanol–water partition coefficient (Wildman–Crippen LogP) is 2.35. The van der Waals surface area contributed by atoms with Crippen LogP contribution in [0.3, 0.4) is 0 Å². The second-order valence-electron chi connectivity index (χ2n) is 5.50. The van der Waals surface area contributed by atoms with Gasteiger partial charge in [-0.25, -0.2) is 9.78 Å². The Bertz CT molecular complexity index is 955. The second-order valence-corrected chi connectivity index (χ2v) is 5.50. The van der Waals surface area contributed by atoms with Crippen LogP contribution in [0, 0.1) is 0 Å². The molecular formula is C18H16N3O3+. The van der Waals surface area contributed by atoms with E-state index in [1.54, 1.807) is 31.0 Å². The number of benzene rings is 2. The maximum absolute atomic E-state index is 13.0. The van der Waals surface area contributed by atoms with Crippen molar-refractivity contribution in [3.8, 4) is 11.5 Å². The van der Waals surface area contributed by atoms with Crippen LogP contribution >= 0.6 is 0 Å². The molecule has 6 heteroatoms. The fourth-order valence-corrected chi connectivity index (χ4v) is 3.02. The Balaban J connectivity index is 1.80. The third-order valence-corrected chi connectivity index (χ3v) is 4.19. The third kappa shape index (κ3) is 2.07. The molecule has 0 fully saturated rings. The first-order valence-corrected chi connectivity index (χ1v) is 7.55. The number of nitrogens with zero attached hydrogens (tertiary/aromatic N) is 2. The minimum atomic E-state index is -0.489. The van der Waals surface area contributed by atoms with E-state index in [0.717, 1.165) is 16.6 Å². The molecule has 1 aromatic heterocycles. The van der Waals surface area contributed by atoms with E-state index in [0.29, 0.717) is 17.3 Å². The number of rotatable bonds is 3. The van der Waals surface area contributed by atoms with Crippen molar-refractivity contribution in [3.05, 3.63) is 54.2 Å². The van der Waals surface area contributed by atoms with E-state index >= 15 is 0 Å². The van der Waals surface area contributed by atoms with Crippen molar-refractivity contribution in [3.63, 3.8) is 0 Å². The first-order valence-electron chi connectivity index (χ1n) is 7.55. The molecule has 0 radical (unpaired) electrons. The first kappa shape index (κ1) is 14.4. The number of aromatic nitrogens is 2. The van der Waals surface area contributed by atoms with Crippen LogP contribution in [0.1, 0.15) is 16.4 Å². The van der Waals surface area contributed by atoms with Crippen LogP contribution in [0.25, 0.3) is 11.0 Å². The van der Waals surface area contributed by atoms with Gasteiger partial charge < -0.3 is 9.47 Å². The molecule has 1 N–H and O–H groups in total. The van der Waals surface area contributed by atoms with Crippen LogP contribution in [-0.2, 0) is 0 Å². The topological polar surface area (TPSA) is 64.3 Å². The van der Waals surface area contributed by atoms with Crippen molar-refractivity contribution in [2.24, 2.45) is 0 Å². The molecule has 0 saturated carbocycles. The van der Waals surface area contributed by atoms with Gasteiger partial charge in [-0.15, -0.1) is 0 Å². The van der Waals surface area contributed by atoms with E-state index in [-0.39, 0.29) is 5.91 Å². The summed E-state index contributed by atoms with van der Waals surface area (Å²) in [5.74, 6) is 1.85. The molecule has 120 valence electrons. The highest BCUT2D eigenvalue weighted by atomic mass is 16.5. The number of ether oxygens (including phenoxy) is 2. The van der Waals surface area contributed by atoms with Gasteiger partial charge in [0.2, 0.25) is 6.04 Å². The van der Waals surface area contributed by atoms with Crippen LogP contribution in [0.2, 0.25) is 0 Å². The van der Waals surface area contributed by atoms with Gasteiger partial charge in [0.25, 0.3) is 0 Å². The van der Waals surface area contributed by atoms with Gasteiger partial charge in [-0.05, 0) is 24.3 Å². The Morgan fingerprint density at radius 3 is 2.67 bits per heavy atom. The molecule has 1 atom stereocenters. The number of carbonyl (C=O) groups is 1. The standard InChI is InChI=1S/C18H15N3O3/c1-23-14-8-7-11(9-15(14)24-2)17-18(22)21-13-6-4-3-5-12(13)19-10-16(21)20-17/h3-10,17H,1-2H3/p+1. The van der Waals surface area contributed by atoms with Gasteiger partial charge in [0.05, 0.1) is 14.2 Å². The van der Waals surface area contributed by atoms with E-state index < -0.39 is 6.04 Å². The number of carbonyl (C=O) groups excluding carboxylic acids is 1. The van der Waals surface area contributed by atoms with Gasteiger partial charge >= 0.3 is 11.7 Å². The molecule has 1 unspecified atom stereocenters. The molecule has 6 nitrogen and oxygen atoms in total. The Kier molecular flexibility index (Phi) is 3.30. The van der Waals surface area contributed by atoms with Crippen LogP contribution < -0.4 is 19.4 Å². The van der Waals surface area contributed by atoms with Crippen molar-refractivity contribution in [1.29, 1.82) is 0 Å². The number of nitrogens with one attached hydrogen (secondary N) is 1. The molecule has 1 aliphatic rings. The first-order chi connectivity index (χ1) is 11.7. The largest absolute Gasteiger partial charge is 0.493 e. The quantitative estimate of drug-likeness (QED) is 0.750. The molecule has 0 bridgehead atoms. The Labute approximate surface area is 138 Å². The molecule has 0 spiro atoms. The van der Waals surface area contributed by atoms with Crippen LogP contribution in [-0.4, -0.2) is 25.1 Å². The second kappa shape index (κ2) is 5.49. The smallest absolute Gasteiger partial charge is 0.364 e. The van der Waals surface area contributed by atoms with Gasteiger partial charge in [0.1, 0.15) is 11.7 Å². The van der Waals surface area contributed by atoms with E-state index in [1.807, 2.05) is 36.4 Å². The maximum Gasteiger partial charge on any atom is 0.364 e. The minimum Gasteiger partial charge on any atom is -0.493 e. The predicted molar refractivity (Wildman–Crippen MR) is 88.5 cm³/mol. The average molecular weight is 322 g/mol. The summed E-state index contributed by atoms with van der Waals surface area (Å²) in [5, 5.41) is 3.24. The van der Waals surface area contributed by atoms with Gasteiger partial charge in [-0.3, -0.25) is 5.32 Å². The lowest BCUT2D eigenvalue weighted by Crippen LogP contribution is -2.41. The lowest BCUT2D eigenvalue weighted by Gasteiger charge is -2.10. The molecule has 4 rings (SSSR count). The maximum atomic E-state index is 13.0. The van der Waals surface area contributed by atoms with Gasteiger partial charge in [0.15, 0.2) is 17.0 Å². The summed E-state index contributed by atoms with van der Waals surface area (Å²) in [5.41, 5.74) is 2.38. The summed E-state index contributed by atoms with van der Waals surface area (Å²) >= 11 is 0. The van der Waals surface area contributed by atoms with E-state index in [4.69, 9.17) is 9.47 Å². The molecule has 0 aliphatic carbocycles. The molecule has 0 saturated heterocycles. The molecule has 1 aliphatic heterocycles. The zero-order valence-corrected chi connectivity index (χ0v) is 13.3. The lowest BCUT2D eigenvalue weighted by molar-refractivity contribution is -0.524. The molecule has 3 aromatic rings. The van der Waals surface area contributed by atoms with Crippen LogP contribution in [0.4, 0.5) is 5.82 Å². The van der Waals surface area contributed by atoms with Gasteiger partial charge in [0, 0.05) is 5.56 Å². The van der Waals surface area contributed by atoms with Crippen molar-refractivity contribution in [2.75, 3.05) is 19.5 Å². The highest BCUT2D eigenvalue weighted by Crippen LogP contribution is 2.32. The van der Waals surface area contributed by atoms with E-state index in [2.05, 4.69) is 10.3 Å². The Morgan fingerprint density at radius 2 is 1.88 bits per heavy atom. The summed E-state index contributed by atoms with van der Waals surface area (Å²) in [7, 11) is 3.16. The summed E-state index contributed by atoms with van der Waals surface area (Å²) in [6, 6.07) is 12.6. The van der Waals surface area contributed by atoms with E-state index in [1.165, 1.54) is 0 Å². The summed E-state index contributed by atoms with van der Waals surface area (Å²) < 4.78 is 12.3. The molecule has 0 amide bonds. The normalized spacial score (nSPS) is 15.9. The number of fused-ring (bicyclic) bond motifs is 3. The Hall–Kier alpha value is -3.15. The monoisotopic (exact) mass is 322 g/mol. The lowest BCUT2D eigenvalue weighted by atomic mass is 10.1. The van der Waals surface area contributed by atoms with Crippen LogP contribution in [0.5, 0.6) is 11.5 Å². The van der Waals surface area contributed by atoms with E-state index in [9.17, 15) is 4.79 Å². The Morgan fingerprint density at radius 1 is 1.08 bits per heavy atom. The molecular weight excluding hydrogens is 306 g/mol. The zero-order valence-electron chi connectivity index (χ0n) is 13.3. The number of anilines is 1. The summed E-state index contributed by atoms with van der Waals surface area (Å²) in [4.78, 5) is 17.4. The fourth-order valence-electron chi connectivity index (χ4n) is 3.02. The molecule has 2 heterocycles. The number of hydrogen-bond acceptors (Lipinski definition) is 5. The third-order valence-electron chi connectivity index (χ3n) is 4.19. The minimum absolute atomic E-state index is 0.0455. The average Bonchev–Trinajstić information content (AvgIpc) is 2.98. The number of para-hydroxylation sites is 2. The fraction of sp³-hybridized carbons (Fsp3) is 0.167. The molecule has 2 aromatic carbocycles. The van der Waals surface area contributed by atoms with Gasteiger partial charge in [-0.2, -0.15) is 4.57 Å². The van der Waals surface area contributed by atoms with Crippen molar-refractivity contribution in [1.82, 2.24) is 4.98 Å². The molecule has 24 heavy (non-hydrogen) atoms. The zero-order chi connectivity index (χ0) is 16.7. The van der Waals surface area contributed by atoms with Crippen LogP contribution in [0.15, 0.2) is 48.7 Å². The number of hydrogen-bond donors (Lipinski definition) is 1. The summed E-state index contributed by atoms with van der Waals surface area (Å²) in [6.45, 7) is 0. The highest BCUT2D eigenvalue weighted by Gasteiger charge is 2.41. The number of methoxy groups -OCH3 is 2. The van der Waals surface area contributed by atoms with Gasteiger partial charge in [-0.1, -0.05) is 18.2 Å². The van der Waals surface area contributed by atoms with Crippen molar-refractivity contribution in [2.45, 2.75) is 6.04 Å². The van der Waals surface area contributed by atoms with Crippen molar-refractivity contribution >= 4 is 22.8 Å². The highest BCUT2D eigenvalue weighted by molar-refractivity contribution is 5.87. The van der Waals surface area contributed by atoms with Crippen molar-refractivity contribution < 1.29 is 18.8 Å². The SMILES string of the molecule is COc1ccc(C2Nc3cnc4ccccc4[n+]3C2=O)cc1OC.